The smallest absolute Gasteiger partial charge is 0.326 e. The number of amidine groups is 1. The Morgan fingerprint density at radius 2 is 1.81 bits per heavy atom. The molecular weight excluding hydrogens is 440 g/mol. The monoisotopic (exact) mass is 464 g/mol. The molecule has 0 aliphatic carbocycles. The van der Waals surface area contributed by atoms with Crippen molar-refractivity contribution in [1.82, 2.24) is 9.62 Å². The van der Waals surface area contributed by atoms with Crippen molar-refractivity contribution in [2.45, 2.75) is 43.4 Å². The molecule has 0 spiro atoms. The lowest BCUT2D eigenvalue weighted by Crippen LogP contribution is -2.36. The second kappa shape index (κ2) is 10.4. The Kier molecular flexibility index (Phi) is 7.57. The number of esters is 1. The summed E-state index contributed by atoms with van der Waals surface area (Å²) in [7, 11) is -3.87. The average molecular weight is 465 g/mol. The Morgan fingerprint density at radius 3 is 2.56 bits per heavy atom. The molecule has 0 saturated carbocycles. The first-order chi connectivity index (χ1) is 15.2. The number of carbonyl (C=O) groups excluding carboxylic acids is 4. The Morgan fingerprint density at radius 1 is 1.06 bits per heavy atom. The van der Waals surface area contributed by atoms with E-state index in [9.17, 15) is 27.6 Å². The molecule has 0 bridgehead atoms. The van der Waals surface area contributed by atoms with E-state index in [0.29, 0.717) is 18.8 Å². The van der Waals surface area contributed by atoms with Gasteiger partial charge in [0.1, 0.15) is 12.4 Å². The number of imide groups is 1. The van der Waals surface area contributed by atoms with Crippen LogP contribution < -0.4 is 10.0 Å². The average Bonchev–Trinajstić information content (AvgIpc) is 2.94. The Bertz CT molecular complexity index is 1040. The standard InChI is InChI=1S/C20H24N4O7S/c25-17(13-31-20(28)12-24-18(26)8-9-19(24)27)22-14-5-4-6-15(11-14)32(29,30)23-16-7-2-1-3-10-21-16/h4-6,11H,1-3,7-10,12-13H2,(H,21,23)(H,22,25). The molecule has 1 saturated heterocycles. The second-order valence-corrected chi connectivity index (χ2v) is 9.04. The van der Waals surface area contributed by atoms with Crippen molar-refractivity contribution in [3.05, 3.63) is 24.3 Å². The van der Waals surface area contributed by atoms with Crippen LogP contribution in [-0.2, 0) is 33.9 Å². The molecule has 0 unspecified atom stereocenters. The molecule has 172 valence electrons. The van der Waals surface area contributed by atoms with Crippen LogP contribution in [0, 0.1) is 0 Å². The zero-order chi connectivity index (χ0) is 23.1. The molecule has 0 atom stereocenters. The molecule has 11 nitrogen and oxygen atoms in total. The minimum Gasteiger partial charge on any atom is -0.454 e. The van der Waals surface area contributed by atoms with Gasteiger partial charge in [0.25, 0.3) is 15.9 Å². The minimum atomic E-state index is -3.87. The lowest BCUT2D eigenvalue weighted by molar-refractivity contribution is -0.153. The predicted octanol–water partition coefficient (Wildman–Crippen LogP) is 0.568. The largest absolute Gasteiger partial charge is 0.454 e. The maximum Gasteiger partial charge on any atom is 0.326 e. The second-order valence-electron chi connectivity index (χ2n) is 7.35. The number of sulfonamides is 1. The number of nitrogens with one attached hydrogen (secondary N) is 2. The first-order valence-corrected chi connectivity index (χ1v) is 11.7. The highest BCUT2D eigenvalue weighted by atomic mass is 32.2. The Hall–Kier alpha value is -3.28. The number of aliphatic imine (C=N–C) groups is 1. The highest BCUT2D eigenvalue weighted by Gasteiger charge is 2.31. The first kappa shape index (κ1) is 23.4. The lowest BCUT2D eigenvalue weighted by atomic mass is 10.2. The molecule has 1 fully saturated rings. The number of hydrogen-bond donors (Lipinski definition) is 2. The summed E-state index contributed by atoms with van der Waals surface area (Å²) < 4.78 is 32.6. The van der Waals surface area contributed by atoms with Gasteiger partial charge in [0.2, 0.25) is 11.8 Å². The number of ether oxygens (including phenoxy) is 1. The summed E-state index contributed by atoms with van der Waals surface area (Å²) >= 11 is 0. The molecule has 3 rings (SSSR count). The van der Waals surface area contributed by atoms with Gasteiger partial charge in [-0.05, 0) is 31.0 Å². The van der Waals surface area contributed by atoms with E-state index in [1.165, 1.54) is 24.3 Å². The number of likely N-dealkylation sites (tertiary alicyclic amines) is 1. The van der Waals surface area contributed by atoms with E-state index in [-0.39, 0.29) is 23.4 Å². The fourth-order valence-corrected chi connectivity index (χ4v) is 4.36. The van der Waals surface area contributed by atoms with Gasteiger partial charge in [0.15, 0.2) is 6.61 Å². The van der Waals surface area contributed by atoms with E-state index in [1.54, 1.807) is 0 Å². The normalized spacial score (nSPS) is 16.9. The fraction of sp³-hybridized carbons (Fsp3) is 0.450. The summed E-state index contributed by atoms with van der Waals surface area (Å²) in [5, 5.41) is 2.45. The molecule has 0 radical (unpaired) electrons. The van der Waals surface area contributed by atoms with E-state index in [4.69, 9.17) is 4.74 Å². The van der Waals surface area contributed by atoms with E-state index < -0.39 is 46.9 Å². The molecule has 2 N–H and O–H groups in total. The van der Waals surface area contributed by atoms with Crippen LogP contribution in [0.3, 0.4) is 0 Å². The molecular formula is C20H24N4O7S. The molecule has 2 heterocycles. The van der Waals surface area contributed by atoms with Gasteiger partial charge in [-0.15, -0.1) is 0 Å². The van der Waals surface area contributed by atoms with Gasteiger partial charge < -0.3 is 10.1 Å². The van der Waals surface area contributed by atoms with Crippen LogP contribution in [0.2, 0.25) is 0 Å². The van der Waals surface area contributed by atoms with E-state index in [0.717, 1.165) is 24.2 Å². The molecule has 3 amide bonds. The van der Waals surface area contributed by atoms with Gasteiger partial charge in [-0.1, -0.05) is 12.5 Å². The van der Waals surface area contributed by atoms with Crippen molar-refractivity contribution in [3.8, 4) is 0 Å². The summed E-state index contributed by atoms with van der Waals surface area (Å²) in [6, 6.07) is 5.62. The third-order valence-electron chi connectivity index (χ3n) is 4.86. The first-order valence-electron chi connectivity index (χ1n) is 10.2. The van der Waals surface area contributed by atoms with Gasteiger partial charge in [-0.25, -0.2) is 8.42 Å². The summed E-state index contributed by atoms with van der Waals surface area (Å²) in [6.45, 7) is -0.623. The number of rotatable bonds is 7. The maximum atomic E-state index is 12.6. The molecule has 1 aromatic carbocycles. The quantitative estimate of drug-likeness (QED) is 0.442. The van der Waals surface area contributed by atoms with Crippen LogP contribution in [0.15, 0.2) is 34.2 Å². The van der Waals surface area contributed by atoms with Crippen LogP contribution in [0.4, 0.5) is 5.69 Å². The summed E-state index contributed by atoms with van der Waals surface area (Å²) in [4.78, 5) is 51.9. The van der Waals surface area contributed by atoms with E-state index in [1.807, 2.05) is 0 Å². The maximum absolute atomic E-state index is 12.6. The molecule has 2 aliphatic heterocycles. The topological polar surface area (TPSA) is 151 Å². The van der Waals surface area contributed by atoms with Crippen molar-refractivity contribution in [3.63, 3.8) is 0 Å². The van der Waals surface area contributed by atoms with Crippen LogP contribution in [0.5, 0.6) is 0 Å². The van der Waals surface area contributed by atoms with Gasteiger partial charge in [0, 0.05) is 31.5 Å². The minimum absolute atomic E-state index is 0.0497. The number of amides is 3. The zero-order valence-electron chi connectivity index (χ0n) is 17.3. The highest BCUT2D eigenvalue weighted by molar-refractivity contribution is 7.90. The van der Waals surface area contributed by atoms with Gasteiger partial charge in [-0.2, -0.15) is 0 Å². The summed E-state index contributed by atoms with van der Waals surface area (Å²) in [5.41, 5.74) is 0.196. The van der Waals surface area contributed by atoms with Gasteiger partial charge in [0.05, 0.1) is 4.90 Å². The number of carbonyl (C=O) groups is 4. The van der Waals surface area contributed by atoms with Crippen molar-refractivity contribution in [2.75, 3.05) is 25.0 Å². The summed E-state index contributed by atoms with van der Waals surface area (Å²) in [5.74, 6) is -2.10. The molecule has 0 aromatic heterocycles. The number of hydrogen-bond acceptors (Lipinski definition) is 8. The van der Waals surface area contributed by atoms with Crippen LogP contribution in [0.25, 0.3) is 0 Å². The van der Waals surface area contributed by atoms with E-state index in [2.05, 4.69) is 15.0 Å². The van der Waals surface area contributed by atoms with Crippen molar-refractivity contribution < 1.29 is 32.3 Å². The van der Waals surface area contributed by atoms with E-state index >= 15 is 0 Å². The van der Waals surface area contributed by atoms with Crippen LogP contribution >= 0.6 is 0 Å². The number of nitrogens with zero attached hydrogens (tertiary/aromatic N) is 2. The predicted molar refractivity (Wildman–Crippen MR) is 113 cm³/mol. The van der Waals surface area contributed by atoms with Crippen molar-refractivity contribution in [1.29, 1.82) is 0 Å². The van der Waals surface area contributed by atoms with Gasteiger partial charge in [-0.3, -0.25) is 33.8 Å². The molecule has 32 heavy (non-hydrogen) atoms. The number of benzene rings is 1. The van der Waals surface area contributed by atoms with Crippen LogP contribution in [-0.4, -0.2) is 62.5 Å². The Balaban J connectivity index is 1.54. The highest BCUT2D eigenvalue weighted by Crippen LogP contribution is 2.17. The van der Waals surface area contributed by atoms with Crippen LogP contribution in [0.1, 0.15) is 38.5 Å². The lowest BCUT2D eigenvalue weighted by Gasteiger charge is -2.13. The molecule has 12 heteroatoms. The Labute approximate surface area is 185 Å². The molecule has 1 aromatic rings. The van der Waals surface area contributed by atoms with Gasteiger partial charge >= 0.3 is 5.97 Å². The third-order valence-corrected chi connectivity index (χ3v) is 6.24. The SMILES string of the molecule is O=C(COC(=O)CN1C(=O)CCC1=O)Nc1cccc(S(=O)(=O)NC2=NCCCCC2)c1. The molecule has 2 aliphatic rings. The summed E-state index contributed by atoms with van der Waals surface area (Å²) in [6.07, 6.45) is 3.42. The fourth-order valence-electron chi connectivity index (χ4n) is 3.23. The number of anilines is 1. The van der Waals surface area contributed by atoms with Crippen molar-refractivity contribution in [2.24, 2.45) is 4.99 Å². The zero-order valence-corrected chi connectivity index (χ0v) is 18.2. The van der Waals surface area contributed by atoms with Crippen molar-refractivity contribution >= 4 is 45.2 Å². The third kappa shape index (κ3) is 6.36.